The molecule has 0 aromatic rings. The molecule has 1 aliphatic rings. The smallest absolute Gasteiger partial charge is 0.422 e. The Balaban J connectivity index is 2.42. The second kappa shape index (κ2) is 6.95. The summed E-state index contributed by atoms with van der Waals surface area (Å²) in [5.74, 6) is 0. The lowest BCUT2D eigenvalue weighted by molar-refractivity contribution is 0.0180. The Labute approximate surface area is 139 Å². The monoisotopic (exact) mass is 329 g/mol. The van der Waals surface area contributed by atoms with Crippen molar-refractivity contribution in [3.63, 3.8) is 0 Å². The largest absolute Gasteiger partial charge is 0.444 e. The molecule has 2 N–H and O–H groups in total. The second-order valence-electron chi connectivity index (χ2n) is 8.29. The summed E-state index contributed by atoms with van der Waals surface area (Å²) in [6.07, 6.45) is 0.555. The molecule has 0 atom stereocenters. The van der Waals surface area contributed by atoms with E-state index in [2.05, 4.69) is 10.7 Å². The number of nitrogens with zero attached hydrogens (tertiary/aromatic N) is 1. The molecule has 23 heavy (non-hydrogen) atoms. The maximum absolute atomic E-state index is 11.9. The topological polar surface area (TPSA) is 79.9 Å². The highest BCUT2D eigenvalue weighted by Gasteiger charge is 2.34. The number of alkyl carbamates (subject to hydrolysis) is 1. The molecule has 1 heterocycles. The summed E-state index contributed by atoms with van der Waals surface area (Å²) in [5.41, 5.74) is 1.36. The van der Waals surface area contributed by atoms with E-state index >= 15 is 0 Å². The van der Waals surface area contributed by atoms with Gasteiger partial charge < -0.3 is 14.8 Å². The molecule has 0 aromatic carbocycles. The highest BCUT2D eigenvalue weighted by Crippen LogP contribution is 2.22. The van der Waals surface area contributed by atoms with E-state index in [-0.39, 0.29) is 5.54 Å². The van der Waals surface area contributed by atoms with Gasteiger partial charge in [-0.3, -0.25) is 5.43 Å². The molecule has 0 spiro atoms. The van der Waals surface area contributed by atoms with Gasteiger partial charge in [0.2, 0.25) is 0 Å². The first-order valence-electron chi connectivity index (χ1n) is 8.04. The Hall–Kier alpha value is -1.50. The fraction of sp³-hybridized carbons (Fsp3) is 0.875. The van der Waals surface area contributed by atoms with Gasteiger partial charge in [-0.2, -0.15) is 0 Å². The van der Waals surface area contributed by atoms with Gasteiger partial charge in [0.1, 0.15) is 11.2 Å². The molecule has 7 nitrogen and oxygen atoms in total. The van der Waals surface area contributed by atoms with Crippen molar-refractivity contribution in [1.29, 1.82) is 0 Å². The predicted molar refractivity (Wildman–Crippen MR) is 88.0 cm³/mol. The van der Waals surface area contributed by atoms with Gasteiger partial charge in [0.05, 0.1) is 0 Å². The van der Waals surface area contributed by atoms with Crippen LogP contribution in [0.3, 0.4) is 0 Å². The SMILES string of the molecule is CC1(NC(=O)OC(C)(C)C)CCN(NC(=O)OC(C)(C)C)CC1. The zero-order chi connectivity index (χ0) is 17.9. The molecule has 0 unspecified atom stereocenters. The Morgan fingerprint density at radius 3 is 1.78 bits per heavy atom. The lowest BCUT2D eigenvalue weighted by atomic mass is 9.90. The lowest BCUT2D eigenvalue weighted by Gasteiger charge is -2.40. The molecule has 1 aliphatic heterocycles. The number of piperidine rings is 1. The van der Waals surface area contributed by atoms with Crippen LogP contribution in [0.1, 0.15) is 61.3 Å². The maximum atomic E-state index is 11.9. The number of carbonyl (C=O) groups excluding carboxylic acids is 2. The van der Waals surface area contributed by atoms with Crippen LogP contribution in [0.2, 0.25) is 0 Å². The zero-order valence-electron chi connectivity index (χ0n) is 15.4. The van der Waals surface area contributed by atoms with Crippen LogP contribution >= 0.6 is 0 Å². The summed E-state index contributed by atoms with van der Waals surface area (Å²) in [5, 5.41) is 4.74. The van der Waals surface area contributed by atoms with E-state index in [0.29, 0.717) is 25.9 Å². The molecular formula is C16H31N3O4. The molecule has 1 saturated heterocycles. The normalized spacial score (nSPS) is 18.9. The lowest BCUT2D eigenvalue weighted by Crippen LogP contribution is -2.57. The highest BCUT2D eigenvalue weighted by molar-refractivity contribution is 5.69. The molecule has 0 aliphatic carbocycles. The Morgan fingerprint density at radius 1 is 0.913 bits per heavy atom. The number of carbonyl (C=O) groups is 2. The first-order valence-corrected chi connectivity index (χ1v) is 8.04. The van der Waals surface area contributed by atoms with Crippen molar-refractivity contribution in [2.45, 2.75) is 78.0 Å². The third kappa shape index (κ3) is 8.06. The summed E-state index contributed by atoms with van der Waals surface area (Å²) < 4.78 is 10.5. The van der Waals surface area contributed by atoms with E-state index in [9.17, 15) is 9.59 Å². The maximum Gasteiger partial charge on any atom is 0.422 e. The number of ether oxygens (including phenoxy) is 2. The van der Waals surface area contributed by atoms with Crippen molar-refractivity contribution in [3.05, 3.63) is 0 Å². The van der Waals surface area contributed by atoms with Crippen molar-refractivity contribution >= 4 is 12.2 Å². The van der Waals surface area contributed by atoms with Crippen LogP contribution < -0.4 is 10.7 Å². The molecule has 7 heteroatoms. The summed E-state index contributed by atoms with van der Waals surface area (Å²) >= 11 is 0. The molecule has 1 fully saturated rings. The molecule has 1 rings (SSSR count). The molecule has 0 radical (unpaired) electrons. The van der Waals surface area contributed by atoms with Crippen LogP contribution in [0.4, 0.5) is 9.59 Å². The quantitative estimate of drug-likeness (QED) is 0.814. The van der Waals surface area contributed by atoms with E-state index in [1.54, 1.807) is 0 Å². The third-order valence-corrected chi connectivity index (χ3v) is 3.32. The van der Waals surface area contributed by atoms with Crippen LogP contribution in [0.25, 0.3) is 0 Å². The van der Waals surface area contributed by atoms with Gasteiger partial charge in [-0.25, -0.2) is 14.6 Å². The molecule has 0 aromatic heterocycles. The molecule has 2 amide bonds. The standard InChI is InChI=1S/C16H31N3O4/c1-14(2,3)22-12(20)17-16(7)8-10-19(11-9-16)18-13(21)23-15(4,5)6/h8-11H2,1-7H3,(H,17,20)(H,18,21). The zero-order valence-corrected chi connectivity index (χ0v) is 15.4. The van der Waals surface area contributed by atoms with Crippen molar-refractivity contribution in [3.8, 4) is 0 Å². The number of amides is 2. The number of hydrogen-bond donors (Lipinski definition) is 2. The van der Waals surface area contributed by atoms with Crippen LogP contribution in [-0.4, -0.2) is 47.0 Å². The van der Waals surface area contributed by atoms with Crippen molar-refractivity contribution < 1.29 is 19.1 Å². The van der Waals surface area contributed by atoms with Gasteiger partial charge in [-0.1, -0.05) is 0 Å². The Kier molecular flexibility index (Phi) is 5.90. The molecular weight excluding hydrogens is 298 g/mol. The minimum Gasteiger partial charge on any atom is -0.444 e. The van der Waals surface area contributed by atoms with E-state index in [1.165, 1.54) is 0 Å². The second-order valence-corrected chi connectivity index (χ2v) is 8.29. The van der Waals surface area contributed by atoms with Crippen LogP contribution in [-0.2, 0) is 9.47 Å². The van der Waals surface area contributed by atoms with Gasteiger partial charge in [-0.05, 0) is 61.3 Å². The van der Waals surface area contributed by atoms with E-state index in [1.807, 2.05) is 53.5 Å². The van der Waals surface area contributed by atoms with Gasteiger partial charge in [-0.15, -0.1) is 0 Å². The molecule has 134 valence electrons. The summed E-state index contributed by atoms with van der Waals surface area (Å²) in [6, 6.07) is 0. The van der Waals surface area contributed by atoms with Crippen LogP contribution in [0, 0.1) is 0 Å². The average molecular weight is 329 g/mol. The number of hydrogen-bond acceptors (Lipinski definition) is 5. The number of nitrogens with one attached hydrogen (secondary N) is 2. The highest BCUT2D eigenvalue weighted by atomic mass is 16.6. The number of hydrazine groups is 1. The number of rotatable bonds is 2. The minimum absolute atomic E-state index is 0.339. The van der Waals surface area contributed by atoms with Crippen molar-refractivity contribution in [2.24, 2.45) is 0 Å². The van der Waals surface area contributed by atoms with Crippen molar-refractivity contribution in [1.82, 2.24) is 15.8 Å². The first-order chi connectivity index (χ1) is 10.3. The summed E-state index contributed by atoms with van der Waals surface area (Å²) in [4.78, 5) is 23.7. The van der Waals surface area contributed by atoms with E-state index in [4.69, 9.17) is 9.47 Å². The fourth-order valence-corrected chi connectivity index (χ4v) is 2.22. The van der Waals surface area contributed by atoms with E-state index in [0.717, 1.165) is 0 Å². The average Bonchev–Trinajstić information content (AvgIpc) is 2.27. The van der Waals surface area contributed by atoms with Gasteiger partial charge in [0.25, 0.3) is 0 Å². The Bertz CT molecular complexity index is 430. The predicted octanol–water partition coefficient (Wildman–Crippen LogP) is 2.81. The third-order valence-electron chi connectivity index (χ3n) is 3.32. The Morgan fingerprint density at radius 2 is 1.35 bits per heavy atom. The van der Waals surface area contributed by atoms with Gasteiger partial charge >= 0.3 is 12.2 Å². The molecule has 0 bridgehead atoms. The summed E-state index contributed by atoms with van der Waals surface area (Å²) in [6.45, 7) is 14.2. The van der Waals surface area contributed by atoms with Crippen molar-refractivity contribution in [2.75, 3.05) is 13.1 Å². The first kappa shape index (κ1) is 19.5. The van der Waals surface area contributed by atoms with Crippen LogP contribution in [0.15, 0.2) is 0 Å². The van der Waals surface area contributed by atoms with Gasteiger partial charge in [0, 0.05) is 18.6 Å². The van der Waals surface area contributed by atoms with Gasteiger partial charge in [0.15, 0.2) is 0 Å². The minimum atomic E-state index is -0.521. The van der Waals surface area contributed by atoms with Crippen LogP contribution in [0.5, 0.6) is 0 Å². The summed E-state index contributed by atoms with van der Waals surface area (Å²) in [7, 11) is 0. The fourth-order valence-electron chi connectivity index (χ4n) is 2.22. The van der Waals surface area contributed by atoms with E-state index < -0.39 is 23.4 Å². The molecule has 0 saturated carbocycles.